The first-order valence-electron chi connectivity index (χ1n) is 8.09. The van der Waals surface area contributed by atoms with Gasteiger partial charge in [0.15, 0.2) is 0 Å². The van der Waals surface area contributed by atoms with Crippen LogP contribution < -0.4 is 10.1 Å². The van der Waals surface area contributed by atoms with Crippen LogP contribution in [0.5, 0.6) is 5.75 Å². The van der Waals surface area contributed by atoms with Crippen molar-refractivity contribution in [3.05, 3.63) is 29.3 Å². The molecule has 0 unspecified atom stereocenters. The van der Waals surface area contributed by atoms with E-state index < -0.39 is 0 Å². The maximum Gasteiger partial charge on any atom is 0.119 e. The molecule has 0 spiro atoms. The number of benzene rings is 1. The van der Waals surface area contributed by atoms with Crippen molar-refractivity contribution in [2.45, 2.75) is 38.6 Å². The molecule has 1 aromatic rings. The number of aryl methyl sites for hydroxylation is 1. The van der Waals surface area contributed by atoms with E-state index in [1.165, 1.54) is 56.3 Å². The zero-order chi connectivity index (χ0) is 13.6. The predicted molar refractivity (Wildman–Crippen MR) is 82.3 cm³/mol. The monoisotopic (exact) mass is 274 g/mol. The van der Waals surface area contributed by atoms with E-state index >= 15 is 0 Å². The molecule has 0 aromatic heterocycles. The number of hydrogen-bond acceptors (Lipinski definition) is 3. The van der Waals surface area contributed by atoms with Crippen molar-refractivity contribution < 1.29 is 4.74 Å². The Hall–Kier alpha value is -1.06. The van der Waals surface area contributed by atoms with Gasteiger partial charge in [0.25, 0.3) is 0 Å². The molecule has 3 rings (SSSR count). The van der Waals surface area contributed by atoms with E-state index in [1.54, 1.807) is 0 Å². The van der Waals surface area contributed by atoms with Gasteiger partial charge in [0, 0.05) is 13.1 Å². The summed E-state index contributed by atoms with van der Waals surface area (Å²) in [5.41, 5.74) is 2.90. The number of hydrogen-bond donors (Lipinski definition) is 1. The van der Waals surface area contributed by atoms with Gasteiger partial charge in [-0.1, -0.05) is 12.5 Å². The van der Waals surface area contributed by atoms with Crippen LogP contribution in [0, 0.1) is 0 Å². The predicted octanol–water partition coefficient (Wildman–Crippen LogP) is 2.59. The first-order valence-corrected chi connectivity index (χ1v) is 8.09. The van der Waals surface area contributed by atoms with E-state index in [0.717, 1.165) is 32.0 Å². The van der Waals surface area contributed by atoms with Gasteiger partial charge in [0.2, 0.25) is 0 Å². The van der Waals surface area contributed by atoms with Crippen LogP contribution in [0.25, 0.3) is 0 Å². The Bertz CT molecular complexity index is 427. The van der Waals surface area contributed by atoms with Gasteiger partial charge in [0.1, 0.15) is 12.4 Å². The Morgan fingerprint density at radius 2 is 1.95 bits per heavy atom. The van der Waals surface area contributed by atoms with Crippen LogP contribution >= 0.6 is 0 Å². The number of rotatable bonds is 4. The average Bonchev–Trinajstić information content (AvgIpc) is 2.73. The molecule has 0 saturated carbocycles. The molecule has 0 radical (unpaired) electrons. The Kier molecular flexibility index (Phi) is 4.93. The first kappa shape index (κ1) is 13.9. The number of fused-ring (bicyclic) bond motifs is 1. The number of nitrogens with one attached hydrogen (secondary N) is 1. The largest absolute Gasteiger partial charge is 0.492 e. The van der Waals surface area contributed by atoms with E-state index in [-0.39, 0.29) is 0 Å². The molecule has 1 N–H and O–H groups in total. The lowest BCUT2D eigenvalue weighted by Crippen LogP contribution is -2.33. The topological polar surface area (TPSA) is 24.5 Å². The summed E-state index contributed by atoms with van der Waals surface area (Å²) in [5.74, 6) is 1.04. The molecule has 0 atom stereocenters. The lowest BCUT2D eigenvalue weighted by molar-refractivity contribution is 0.183. The van der Waals surface area contributed by atoms with Crippen molar-refractivity contribution in [3.63, 3.8) is 0 Å². The number of piperidine rings is 1. The second kappa shape index (κ2) is 7.09. The van der Waals surface area contributed by atoms with Crippen LogP contribution in [0.1, 0.15) is 36.8 Å². The van der Waals surface area contributed by atoms with Gasteiger partial charge in [-0.2, -0.15) is 0 Å². The van der Waals surface area contributed by atoms with Crippen molar-refractivity contribution in [1.29, 1.82) is 0 Å². The van der Waals surface area contributed by atoms with Gasteiger partial charge in [0.05, 0.1) is 0 Å². The maximum atomic E-state index is 5.95. The Morgan fingerprint density at radius 3 is 2.85 bits per heavy atom. The summed E-state index contributed by atoms with van der Waals surface area (Å²) in [6.45, 7) is 6.51. The molecule has 2 heterocycles. The fourth-order valence-corrected chi connectivity index (χ4v) is 3.20. The summed E-state index contributed by atoms with van der Waals surface area (Å²) in [6, 6.07) is 6.60. The minimum absolute atomic E-state index is 0.817. The maximum absolute atomic E-state index is 5.95. The molecular weight excluding hydrogens is 248 g/mol. The van der Waals surface area contributed by atoms with Crippen LogP contribution in [0.4, 0.5) is 0 Å². The van der Waals surface area contributed by atoms with Gasteiger partial charge in [-0.05, 0) is 68.6 Å². The van der Waals surface area contributed by atoms with Gasteiger partial charge >= 0.3 is 0 Å². The second-order valence-corrected chi connectivity index (χ2v) is 5.96. The Morgan fingerprint density at radius 1 is 1.05 bits per heavy atom. The van der Waals surface area contributed by atoms with Crippen LogP contribution in [-0.2, 0) is 13.0 Å². The third kappa shape index (κ3) is 3.74. The van der Waals surface area contributed by atoms with Crippen molar-refractivity contribution in [2.24, 2.45) is 0 Å². The smallest absolute Gasteiger partial charge is 0.119 e. The number of ether oxygens (including phenoxy) is 1. The third-order valence-corrected chi connectivity index (χ3v) is 4.42. The Labute approximate surface area is 122 Å². The summed E-state index contributed by atoms with van der Waals surface area (Å²) < 4.78 is 5.95. The van der Waals surface area contributed by atoms with E-state index in [1.807, 2.05) is 0 Å². The van der Waals surface area contributed by atoms with Crippen molar-refractivity contribution in [2.75, 3.05) is 32.8 Å². The van der Waals surface area contributed by atoms with Crippen LogP contribution in [0.2, 0.25) is 0 Å². The molecule has 3 nitrogen and oxygen atoms in total. The standard InChI is InChI=1S/C17H26N2O/c1-2-9-19(10-3-1)11-12-20-17-7-6-16-14-18-8-4-5-15(16)13-17/h6-7,13,18H,1-5,8-12,14H2. The highest BCUT2D eigenvalue weighted by atomic mass is 16.5. The van der Waals surface area contributed by atoms with E-state index in [9.17, 15) is 0 Å². The highest BCUT2D eigenvalue weighted by molar-refractivity contribution is 5.36. The normalized spacial score (nSPS) is 20.2. The van der Waals surface area contributed by atoms with Crippen LogP contribution in [-0.4, -0.2) is 37.7 Å². The van der Waals surface area contributed by atoms with Crippen LogP contribution in [0.15, 0.2) is 18.2 Å². The molecule has 20 heavy (non-hydrogen) atoms. The molecule has 2 aliphatic rings. The molecule has 0 aliphatic carbocycles. The molecule has 3 heteroatoms. The fraction of sp³-hybridized carbons (Fsp3) is 0.647. The summed E-state index contributed by atoms with van der Waals surface area (Å²) in [4.78, 5) is 2.52. The number of nitrogens with zero attached hydrogens (tertiary/aromatic N) is 1. The molecule has 2 aliphatic heterocycles. The first-order chi connectivity index (χ1) is 9.92. The molecular formula is C17H26N2O. The van der Waals surface area contributed by atoms with E-state index in [4.69, 9.17) is 4.74 Å². The number of likely N-dealkylation sites (tertiary alicyclic amines) is 1. The minimum atomic E-state index is 0.817. The minimum Gasteiger partial charge on any atom is -0.492 e. The van der Waals surface area contributed by atoms with Crippen molar-refractivity contribution in [1.82, 2.24) is 10.2 Å². The van der Waals surface area contributed by atoms with Gasteiger partial charge in [-0.25, -0.2) is 0 Å². The second-order valence-electron chi connectivity index (χ2n) is 5.96. The van der Waals surface area contributed by atoms with Crippen molar-refractivity contribution in [3.8, 4) is 5.75 Å². The fourth-order valence-electron chi connectivity index (χ4n) is 3.20. The molecule has 1 aromatic carbocycles. The molecule has 110 valence electrons. The van der Waals surface area contributed by atoms with Crippen molar-refractivity contribution >= 4 is 0 Å². The zero-order valence-corrected chi connectivity index (χ0v) is 12.4. The van der Waals surface area contributed by atoms with E-state index in [2.05, 4.69) is 28.4 Å². The SMILES string of the molecule is c1cc2c(cc1OCCN1CCCCC1)CCCNC2. The molecule has 0 bridgehead atoms. The lowest BCUT2D eigenvalue weighted by atomic mass is 10.0. The molecule has 1 fully saturated rings. The van der Waals surface area contributed by atoms with Gasteiger partial charge in [-0.15, -0.1) is 0 Å². The summed E-state index contributed by atoms with van der Waals surface area (Å²) >= 11 is 0. The molecule has 1 saturated heterocycles. The van der Waals surface area contributed by atoms with E-state index in [0.29, 0.717) is 0 Å². The van der Waals surface area contributed by atoms with Crippen LogP contribution in [0.3, 0.4) is 0 Å². The lowest BCUT2D eigenvalue weighted by Gasteiger charge is -2.26. The summed E-state index contributed by atoms with van der Waals surface area (Å²) in [7, 11) is 0. The Balaban J connectivity index is 1.51. The quantitative estimate of drug-likeness (QED) is 0.913. The van der Waals surface area contributed by atoms with Gasteiger partial charge < -0.3 is 10.1 Å². The molecule has 0 amide bonds. The summed E-state index contributed by atoms with van der Waals surface area (Å²) in [6.07, 6.45) is 6.50. The highest BCUT2D eigenvalue weighted by Crippen LogP contribution is 2.21. The zero-order valence-electron chi connectivity index (χ0n) is 12.4. The summed E-state index contributed by atoms with van der Waals surface area (Å²) in [5, 5.41) is 3.46. The third-order valence-electron chi connectivity index (χ3n) is 4.42. The van der Waals surface area contributed by atoms with Gasteiger partial charge in [-0.3, -0.25) is 4.90 Å². The average molecular weight is 274 g/mol. The highest BCUT2D eigenvalue weighted by Gasteiger charge is 2.11.